The number of hydrogen-bond donors (Lipinski definition) is 2. The van der Waals surface area contributed by atoms with Crippen molar-refractivity contribution < 1.29 is 18.3 Å². The van der Waals surface area contributed by atoms with E-state index in [1.54, 1.807) is 25.4 Å². The Morgan fingerprint density at radius 3 is 2.73 bits per heavy atom. The number of halogens is 3. The fraction of sp³-hybridized carbons (Fsp3) is 0.318. The van der Waals surface area contributed by atoms with Gasteiger partial charge in [0.25, 0.3) is 5.91 Å². The number of fused-ring (bicyclic) bond motifs is 1. The van der Waals surface area contributed by atoms with E-state index >= 15 is 0 Å². The van der Waals surface area contributed by atoms with Gasteiger partial charge in [-0.3, -0.25) is 4.79 Å². The van der Waals surface area contributed by atoms with Crippen LogP contribution < -0.4 is 15.4 Å². The molecule has 0 aliphatic carbocycles. The molecular formula is C22H24ClF2N3O2. The first-order valence-electron chi connectivity index (χ1n) is 9.62. The molecule has 1 aromatic heterocycles. The lowest BCUT2D eigenvalue weighted by Crippen LogP contribution is -2.50. The average molecular weight is 436 g/mol. The number of aromatic nitrogens is 1. The van der Waals surface area contributed by atoms with Crippen LogP contribution in [0.4, 0.5) is 8.78 Å². The second-order valence-electron chi connectivity index (χ2n) is 7.24. The van der Waals surface area contributed by atoms with Crippen LogP contribution in [0.3, 0.4) is 0 Å². The molecule has 2 atom stereocenters. The summed E-state index contributed by atoms with van der Waals surface area (Å²) >= 11 is 0. The number of carbonyl (C=O) groups excluding carboxylic acids is 1. The van der Waals surface area contributed by atoms with Crippen LogP contribution in [-0.4, -0.2) is 42.9 Å². The van der Waals surface area contributed by atoms with Crippen molar-refractivity contribution in [1.29, 1.82) is 0 Å². The maximum Gasteiger partial charge on any atom is 0.253 e. The Bertz CT molecular complexity index is 1020. The van der Waals surface area contributed by atoms with E-state index in [0.29, 0.717) is 25.0 Å². The van der Waals surface area contributed by atoms with Crippen molar-refractivity contribution in [3.05, 3.63) is 65.6 Å². The summed E-state index contributed by atoms with van der Waals surface area (Å²) in [5.41, 5.74) is 1.83. The Kier molecular flexibility index (Phi) is 6.95. The molecule has 1 fully saturated rings. The lowest BCUT2D eigenvalue weighted by atomic mass is 10.0. The van der Waals surface area contributed by atoms with Crippen LogP contribution in [-0.2, 0) is 6.54 Å². The van der Waals surface area contributed by atoms with Gasteiger partial charge < -0.3 is 19.9 Å². The van der Waals surface area contributed by atoms with Crippen molar-refractivity contribution in [1.82, 2.24) is 15.2 Å². The van der Waals surface area contributed by atoms with Crippen molar-refractivity contribution in [3.8, 4) is 5.75 Å². The number of nitrogens with one attached hydrogen (secondary N) is 2. The summed E-state index contributed by atoms with van der Waals surface area (Å²) in [5, 5.41) is 5.96. The lowest BCUT2D eigenvalue weighted by Gasteiger charge is -2.27. The van der Waals surface area contributed by atoms with Gasteiger partial charge in [0.2, 0.25) is 0 Å². The van der Waals surface area contributed by atoms with E-state index < -0.39 is 23.9 Å². The number of benzene rings is 2. The van der Waals surface area contributed by atoms with Gasteiger partial charge in [-0.1, -0.05) is 18.2 Å². The van der Waals surface area contributed by atoms with E-state index in [-0.39, 0.29) is 29.9 Å². The van der Waals surface area contributed by atoms with E-state index in [4.69, 9.17) is 4.74 Å². The molecule has 8 heteroatoms. The topological polar surface area (TPSA) is 55.3 Å². The minimum atomic E-state index is -1.16. The van der Waals surface area contributed by atoms with Crippen LogP contribution in [0.25, 0.3) is 10.9 Å². The molecule has 3 aromatic rings. The second kappa shape index (κ2) is 9.45. The van der Waals surface area contributed by atoms with Gasteiger partial charge in [0.05, 0.1) is 24.2 Å². The highest BCUT2D eigenvalue weighted by atomic mass is 35.5. The predicted octanol–water partition coefficient (Wildman–Crippen LogP) is 3.69. The van der Waals surface area contributed by atoms with Crippen molar-refractivity contribution >= 4 is 29.2 Å². The fourth-order valence-electron chi connectivity index (χ4n) is 3.77. The number of amides is 1. The van der Waals surface area contributed by atoms with Crippen LogP contribution in [0, 0.1) is 5.82 Å². The van der Waals surface area contributed by atoms with Gasteiger partial charge >= 0.3 is 0 Å². The van der Waals surface area contributed by atoms with Crippen molar-refractivity contribution in [2.24, 2.45) is 0 Å². The molecule has 30 heavy (non-hydrogen) atoms. The fourth-order valence-corrected chi connectivity index (χ4v) is 3.77. The Morgan fingerprint density at radius 1 is 1.27 bits per heavy atom. The maximum absolute atomic E-state index is 14.6. The molecular weight excluding hydrogens is 412 g/mol. The molecule has 4 rings (SSSR count). The van der Waals surface area contributed by atoms with E-state index in [1.807, 2.05) is 28.8 Å². The third-order valence-corrected chi connectivity index (χ3v) is 5.34. The van der Waals surface area contributed by atoms with Crippen LogP contribution in [0.15, 0.2) is 48.7 Å². The molecule has 0 saturated carbocycles. The third-order valence-electron chi connectivity index (χ3n) is 5.34. The Balaban J connectivity index is 0.00000256. The highest BCUT2D eigenvalue weighted by Gasteiger charge is 2.28. The summed E-state index contributed by atoms with van der Waals surface area (Å²) in [6.07, 6.45) is 0.979. The summed E-state index contributed by atoms with van der Waals surface area (Å²) in [5.74, 6) is -0.175. The van der Waals surface area contributed by atoms with Crippen LogP contribution >= 0.6 is 12.4 Å². The van der Waals surface area contributed by atoms with E-state index in [9.17, 15) is 13.6 Å². The lowest BCUT2D eigenvalue weighted by molar-refractivity contribution is 0.0893. The second-order valence-corrected chi connectivity index (χ2v) is 7.24. The first kappa shape index (κ1) is 22.1. The van der Waals surface area contributed by atoms with Crippen molar-refractivity contribution in [3.63, 3.8) is 0 Å². The summed E-state index contributed by atoms with van der Waals surface area (Å²) < 4.78 is 35.7. The Labute approximate surface area is 179 Å². The van der Waals surface area contributed by atoms with Gasteiger partial charge in [-0.05, 0) is 42.8 Å². The normalized spacial score (nSPS) is 18.6. The highest BCUT2D eigenvalue weighted by molar-refractivity contribution is 6.07. The quantitative estimate of drug-likeness (QED) is 0.642. The van der Waals surface area contributed by atoms with Crippen LogP contribution in [0.1, 0.15) is 22.3 Å². The van der Waals surface area contributed by atoms with Gasteiger partial charge in [-0.25, -0.2) is 8.78 Å². The van der Waals surface area contributed by atoms with Gasteiger partial charge in [0.15, 0.2) is 0 Å². The van der Waals surface area contributed by atoms with Crippen molar-refractivity contribution in [2.45, 2.75) is 25.2 Å². The van der Waals surface area contributed by atoms with Gasteiger partial charge in [-0.15, -0.1) is 12.4 Å². The summed E-state index contributed by atoms with van der Waals surface area (Å²) in [4.78, 5) is 12.9. The molecule has 1 saturated heterocycles. The van der Waals surface area contributed by atoms with Crippen LogP contribution in [0.5, 0.6) is 5.75 Å². The number of hydrogen-bond acceptors (Lipinski definition) is 3. The molecule has 2 heterocycles. The van der Waals surface area contributed by atoms with Crippen molar-refractivity contribution in [2.75, 3.05) is 20.2 Å². The van der Waals surface area contributed by atoms with E-state index in [1.165, 1.54) is 6.07 Å². The van der Waals surface area contributed by atoms with E-state index in [2.05, 4.69) is 10.6 Å². The third kappa shape index (κ3) is 4.42. The standard InChI is InChI=1S/C22H23F2N3O2.ClH/c1-29-15-7-5-14(6-8-15)12-27-13-16(21-17(23)3-2-4-20(21)27)22(28)26-19-9-10-25-11-18(19)24;/h2-8,13,18-19,25H,9-12H2,1H3,(H,26,28);1H/t18-,19?;/m0./s1. The molecule has 1 aliphatic heterocycles. The minimum absolute atomic E-state index is 0. The molecule has 2 aromatic carbocycles. The number of rotatable bonds is 5. The van der Waals surface area contributed by atoms with E-state index in [0.717, 1.165) is 11.3 Å². The summed E-state index contributed by atoms with van der Waals surface area (Å²) in [6.45, 7) is 1.31. The first-order chi connectivity index (χ1) is 14.1. The van der Waals surface area contributed by atoms with Gasteiger partial charge in [0, 0.05) is 24.7 Å². The van der Waals surface area contributed by atoms with Gasteiger partial charge in [0.1, 0.15) is 17.7 Å². The maximum atomic E-state index is 14.6. The molecule has 160 valence electrons. The zero-order chi connectivity index (χ0) is 20.4. The molecule has 0 spiro atoms. The molecule has 0 bridgehead atoms. The zero-order valence-electron chi connectivity index (χ0n) is 16.5. The minimum Gasteiger partial charge on any atom is -0.497 e. The largest absolute Gasteiger partial charge is 0.497 e. The highest BCUT2D eigenvalue weighted by Crippen LogP contribution is 2.26. The number of piperidine rings is 1. The molecule has 1 aliphatic rings. The monoisotopic (exact) mass is 435 g/mol. The molecule has 1 amide bonds. The smallest absolute Gasteiger partial charge is 0.253 e. The molecule has 1 unspecified atom stereocenters. The number of alkyl halides is 1. The average Bonchev–Trinajstić information content (AvgIpc) is 3.10. The Morgan fingerprint density at radius 2 is 2.03 bits per heavy atom. The predicted molar refractivity (Wildman–Crippen MR) is 115 cm³/mol. The zero-order valence-corrected chi connectivity index (χ0v) is 17.3. The van der Waals surface area contributed by atoms with Crippen LogP contribution in [0.2, 0.25) is 0 Å². The number of carbonyl (C=O) groups is 1. The molecule has 5 nitrogen and oxygen atoms in total. The summed E-state index contributed by atoms with van der Waals surface area (Å²) in [6, 6.07) is 11.7. The number of methoxy groups -OCH3 is 1. The van der Waals surface area contributed by atoms with Gasteiger partial charge in [-0.2, -0.15) is 0 Å². The molecule has 2 N–H and O–H groups in total. The summed E-state index contributed by atoms with van der Waals surface area (Å²) in [7, 11) is 1.60. The first-order valence-corrected chi connectivity index (χ1v) is 9.62. The SMILES string of the molecule is COc1ccc(Cn2cc(C(=O)NC3CCNC[C@@H]3F)c3c(F)cccc32)cc1.Cl. The number of ether oxygens (including phenoxy) is 1. The molecule has 0 radical (unpaired) electrons. The Hall–Kier alpha value is -2.64. The number of nitrogens with zero attached hydrogens (tertiary/aromatic N) is 1.